The summed E-state index contributed by atoms with van der Waals surface area (Å²) in [6, 6.07) is 8.52. The summed E-state index contributed by atoms with van der Waals surface area (Å²) >= 11 is 1.69. The van der Waals surface area contributed by atoms with Crippen LogP contribution in [0.15, 0.2) is 24.3 Å². The molecule has 2 aromatic rings. The minimum absolute atomic E-state index is 0.338. The Kier molecular flexibility index (Phi) is 3.74. The zero-order chi connectivity index (χ0) is 11.4. The molecule has 1 unspecified atom stereocenters. The van der Waals surface area contributed by atoms with Gasteiger partial charge in [0.2, 0.25) is 0 Å². The molecule has 0 aliphatic rings. The predicted octanol–water partition coefficient (Wildman–Crippen LogP) is 2.84. The summed E-state index contributed by atoms with van der Waals surface area (Å²) in [5.41, 5.74) is 6.77. The SMILES string of the molecule is CCCC(CN)Nc1nc2ccccc2s1. The molecule has 1 aromatic heterocycles. The van der Waals surface area contributed by atoms with Crippen molar-refractivity contribution < 1.29 is 0 Å². The van der Waals surface area contributed by atoms with Crippen LogP contribution in [0.3, 0.4) is 0 Å². The summed E-state index contributed by atoms with van der Waals surface area (Å²) < 4.78 is 1.22. The highest BCUT2D eigenvalue weighted by Crippen LogP contribution is 2.26. The quantitative estimate of drug-likeness (QED) is 0.838. The third-order valence-corrected chi connectivity index (χ3v) is 3.51. The molecule has 0 bridgehead atoms. The molecule has 0 spiro atoms. The van der Waals surface area contributed by atoms with Crippen LogP contribution < -0.4 is 11.1 Å². The molecule has 0 radical (unpaired) electrons. The maximum absolute atomic E-state index is 5.72. The van der Waals surface area contributed by atoms with Gasteiger partial charge in [0.15, 0.2) is 5.13 Å². The number of thiazole rings is 1. The Bertz CT molecular complexity index is 419. The van der Waals surface area contributed by atoms with E-state index in [1.807, 2.05) is 18.2 Å². The molecule has 0 aliphatic heterocycles. The number of nitrogens with two attached hydrogens (primary N) is 1. The number of benzene rings is 1. The number of aromatic nitrogens is 1. The number of nitrogens with zero attached hydrogens (tertiary/aromatic N) is 1. The van der Waals surface area contributed by atoms with E-state index in [9.17, 15) is 0 Å². The largest absolute Gasteiger partial charge is 0.357 e. The summed E-state index contributed by atoms with van der Waals surface area (Å²) in [5.74, 6) is 0. The number of anilines is 1. The molecule has 0 amide bonds. The molecule has 0 saturated carbocycles. The zero-order valence-electron chi connectivity index (χ0n) is 9.44. The van der Waals surface area contributed by atoms with Gasteiger partial charge in [0, 0.05) is 12.6 Å². The second kappa shape index (κ2) is 5.27. The Balaban J connectivity index is 2.14. The second-order valence-electron chi connectivity index (χ2n) is 3.85. The average molecular weight is 235 g/mol. The zero-order valence-corrected chi connectivity index (χ0v) is 10.3. The van der Waals surface area contributed by atoms with Gasteiger partial charge in [-0.25, -0.2) is 4.98 Å². The van der Waals surface area contributed by atoms with E-state index in [1.54, 1.807) is 11.3 Å². The minimum Gasteiger partial charge on any atom is -0.357 e. The van der Waals surface area contributed by atoms with Crippen molar-refractivity contribution in [1.29, 1.82) is 0 Å². The van der Waals surface area contributed by atoms with Crippen LogP contribution in [0.2, 0.25) is 0 Å². The third-order valence-electron chi connectivity index (χ3n) is 2.54. The summed E-state index contributed by atoms with van der Waals surface area (Å²) in [6.07, 6.45) is 2.23. The van der Waals surface area contributed by atoms with E-state index in [-0.39, 0.29) is 0 Å². The van der Waals surface area contributed by atoms with E-state index >= 15 is 0 Å². The van der Waals surface area contributed by atoms with Gasteiger partial charge in [0.25, 0.3) is 0 Å². The normalized spacial score (nSPS) is 12.9. The third kappa shape index (κ3) is 2.51. The molecule has 86 valence electrons. The predicted molar refractivity (Wildman–Crippen MR) is 71.0 cm³/mol. The van der Waals surface area contributed by atoms with Crippen LogP contribution >= 0.6 is 11.3 Å². The van der Waals surface area contributed by atoms with Gasteiger partial charge in [-0.1, -0.05) is 36.8 Å². The molecule has 1 atom stereocenters. The van der Waals surface area contributed by atoms with Crippen LogP contribution in [0.5, 0.6) is 0 Å². The van der Waals surface area contributed by atoms with Crippen molar-refractivity contribution in [1.82, 2.24) is 4.98 Å². The number of hydrogen-bond acceptors (Lipinski definition) is 4. The smallest absolute Gasteiger partial charge is 0.184 e. The molecule has 2 rings (SSSR count). The van der Waals surface area contributed by atoms with E-state index in [4.69, 9.17) is 5.73 Å². The molecule has 1 aromatic carbocycles. The van der Waals surface area contributed by atoms with Gasteiger partial charge in [-0.15, -0.1) is 0 Å². The monoisotopic (exact) mass is 235 g/mol. The first kappa shape index (κ1) is 11.4. The van der Waals surface area contributed by atoms with Crippen LogP contribution in [0.1, 0.15) is 19.8 Å². The summed E-state index contributed by atoms with van der Waals surface area (Å²) in [4.78, 5) is 4.53. The first-order valence-electron chi connectivity index (χ1n) is 5.65. The van der Waals surface area contributed by atoms with Crippen LogP contribution in [-0.2, 0) is 0 Å². The lowest BCUT2D eigenvalue weighted by Crippen LogP contribution is -2.28. The van der Waals surface area contributed by atoms with Gasteiger partial charge in [-0.3, -0.25) is 0 Å². The Morgan fingerprint density at radius 2 is 2.25 bits per heavy atom. The maximum atomic E-state index is 5.72. The molecule has 0 aliphatic carbocycles. The molecular weight excluding hydrogens is 218 g/mol. The highest BCUT2D eigenvalue weighted by atomic mass is 32.1. The van der Waals surface area contributed by atoms with Crippen LogP contribution in [0, 0.1) is 0 Å². The molecule has 16 heavy (non-hydrogen) atoms. The van der Waals surface area contributed by atoms with E-state index in [1.165, 1.54) is 4.70 Å². The highest BCUT2D eigenvalue weighted by molar-refractivity contribution is 7.22. The molecular formula is C12H17N3S. The first-order valence-corrected chi connectivity index (χ1v) is 6.47. The Morgan fingerprint density at radius 1 is 1.44 bits per heavy atom. The van der Waals surface area contributed by atoms with Crippen molar-refractivity contribution in [3.05, 3.63) is 24.3 Å². The van der Waals surface area contributed by atoms with Gasteiger partial charge >= 0.3 is 0 Å². The first-order chi connectivity index (χ1) is 7.83. The van der Waals surface area contributed by atoms with Crippen molar-refractivity contribution >= 4 is 26.7 Å². The molecule has 0 saturated heterocycles. The van der Waals surface area contributed by atoms with E-state index in [0.29, 0.717) is 12.6 Å². The van der Waals surface area contributed by atoms with E-state index in [2.05, 4.69) is 23.3 Å². The van der Waals surface area contributed by atoms with Crippen LogP contribution in [-0.4, -0.2) is 17.6 Å². The molecule has 3 N–H and O–H groups in total. The Labute approximate surface area is 99.7 Å². The molecule has 0 fully saturated rings. The lowest BCUT2D eigenvalue weighted by Gasteiger charge is -2.14. The van der Waals surface area contributed by atoms with Crippen molar-refractivity contribution in [2.45, 2.75) is 25.8 Å². The van der Waals surface area contributed by atoms with Gasteiger partial charge < -0.3 is 11.1 Å². The Hall–Kier alpha value is -1.13. The standard InChI is InChI=1S/C12H17N3S/c1-2-5-9(8-13)14-12-15-10-6-3-4-7-11(10)16-12/h3-4,6-7,9H,2,5,8,13H2,1H3,(H,14,15). The van der Waals surface area contributed by atoms with Gasteiger partial charge in [-0.05, 0) is 18.6 Å². The average Bonchev–Trinajstić information content (AvgIpc) is 2.70. The molecule has 3 nitrogen and oxygen atoms in total. The Morgan fingerprint density at radius 3 is 2.94 bits per heavy atom. The van der Waals surface area contributed by atoms with E-state index in [0.717, 1.165) is 23.5 Å². The maximum Gasteiger partial charge on any atom is 0.184 e. The fourth-order valence-electron chi connectivity index (χ4n) is 1.71. The van der Waals surface area contributed by atoms with Crippen molar-refractivity contribution in [2.24, 2.45) is 5.73 Å². The second-order valence-corrected chi connectivity index (χ2v) is 4.88. The molecule has 1 heterocycles. The highest BCUT2D eigenvalue weighted by Gasteiger charge is 2.08. The fourth-order valence-corrected chi connectivity index (χ4v) is 2.65. The number of hydrogen-bond donors (Lipinski definition) is 2. The van der Waals surface area contributed by atoms with Crippen molar-refractivity contribution in [2.75, 3.05) is 11.9 Å². The van der Waals surface area contributed by atoms with Gasteiger partial charge in [0.1, 0.15) is 0 Å². The minimum atomic E-state index is 0.338. The number of nitrogens with one attached hydrogen (secondary N) is 1. The van der Waals surface area contributed by atoms with Crippen LogP contribution in [0.25, 0.3) is 10.2 Å². The molecule has 4 heteroatoms. The topological polar surface area (TPSA) is 50.9 Å². The lowest BCUT2D eigenvalue weighted by atomic mass is 10.2. The fraction of sp³-hybridized carbons (Fsp3) is 0.417. The van der Waals surface area contributed by atoms with E-state index < -0.39 is 0 Å². The van der Waals surface area contributed by atoms with Crippen LogP contribution in [0.4, 0.5) is 5.13 Å². The number of rotatable bonds is 5. The number of fused-ring (bicyclic) bond motifs is 1. The van der Waals surface area contributed by atoms with Gasteiger partial charge in [-0.2, -0.15) is 0 Å². The van der Waals surface area contributed by atoms with Gasteiger partial charge in [0.05, 0.1) is 10.2 Å². The summed E-state index contributed by atoms with van der Waals surface area (Å²) in [7, 11) is 0. The van der Waals surface area contributed by atoms with Crippen molar-refractivity contribution in [3.8, 4) is 0 Å². The number of para-hydroxylation sites is 1. The summed E-state index contributed by atoms with van der Waals surface area (Å²) in [5, 5.41) is 4.38. The lowest BCUT2D eigenvalue weighted by molar-refractivity contribution is 0.648. The summed E-state index contributed by atoms with van der Waals surface area (Å²) in [6.45, 7) is 2.83. The van der Waals surface area contributed by atoms with Crippen molar-refractivity contribution in [3.63, 3.8) is 0 Å².